The molecule has 2 heterocycles. The lowest BCUT2D eigenvalue weighted by Gasteiger charge is -2.33. The minimum Gasteiger partial charge on any atom is -0.493 e. The van der Waals surface area contributed by atoms with Crippen molar-refractivity contribution in [2.75, 3.05) is 27.8 Å². The second-order valence-electron chi connectivity index (χ2n) is 8.25. The Balaban J connectivity index is 1.58. The predicted octanol–water partition coefficient (Wildman–Crippen LogP) is 2.72. The molecule has 5 heteroatoms. The largest absolute Gasteiger partial charge is 0.493 e. The van der Waals surface area contributed by atoms with Gasteiger partial charge in [0.1, 0.15) is 6.04 Å². The number of hydrogen-bond donors (Lipinski definition) is 1. The maximum absolute atomic E-state index is 13.4. The zero-order valence-corrected chi connectivity index (χ0v) is 18.1. The molecular formula is C25H31N2O3+. The summed E-state index contributed by atoms with van der Waals surface area (Å²) in [6.07, 6.45) is 6.51. The van der Waals surface area contributed by atoms with Gasteiger partial charge in [-0.05, 0) is 42.3 Å². The molecule has 0 radical (unpaired) electrons. The molecular weight excluding hydrogens is 376 g/mol. The molecule has 1 saturated heterocycles. The van der Waals surface area contributed by atoms with Crippen LogP contribution in [0.2, 0.25) is 0 Å². The third kappa shape index (κ3) is 4.08. The molecule has 5 nitrogen and oxygen atoms in total. The highest BCUT2D eigenvalue weighted by Crippen LogP contribution is 2.29. The molecule has 158 valence electrons. The number of rotatable bonds is 7. The van der Waals surface area contributed by atoms with Gasteiger partial charge in [0.05, 0.1) is 27.3 Å². The van der Waals surface area contributed by atoms with Crippen molar-refractivity contribution in [3.8, 4) is 11.5 Å². The summed E-state index contributed by atoms with van der Waals surface area (Å²) in [4.78, 5) is 17.0. The third-order valence-corrected chi connectivity index (χ3v) is 6.59. The minimum absolute atomic E-state index is 0.0845. The lowest BCUT2D eigenvalue weighted by molar-refractivity contribution is -0.912. The Hall–Kier alpha value is -2.79. The van der Waals surface area contributed by atoms with Crippen LogP contribution in [0.25, 0.3) is 0 Å². The van der Waals surface area contributed by atoms with Gasteiger partial charge in [-0.15, -0.1) is 0 Å². The van der Waals surface area contributed by atoms with Crippen molar-refractivity contribution < 1.29 is 19.2 Å². The second kappa shape index (κ2) is 8.92. The lowest BCUT2D eigenvalue weighted by atomic mass is 10.0. The van der Waals surface area contributed by atoms with Gasteiger partial charge in [-0.25, -0.2) is 0 Å². The number of carbonyl (C=O) groups excluding carboxylic acids is 1. The summed E-state index contributed by atoms with van der Waals surface area (Å²) in [5.41, 5.74) is 3.05. The van der Waals surface area contributed by atoms with Gasteiger partial charge in [0.2, 0.25) is 0 Å². The van der Waals surface area contributed by atoms with Gasteiger partial charge in [-0.2, -0.15) is 0 Å². The van der Waals surface area contributed by atoms with Crippen LogP contribution in [0, 0.1) is 0 Å². The second-order valence-corrected chi connectivity index (χ2v) is 8.25. The van der Waals surface area contributed by atoms with E-state index >= 15 is 0 Å². The average Bonchev–Trinajstić information content (AvgIpc) is 2.99. The van der Waals surface area contributed by atoms with Crippen LogP contribution in [0.1, 0.15) is 35.2 Å². The molecule has 4 rings (SSSR count). The van der Waals surface area contributed by atoms with Crippen molar-refractivity contribution in [1.82, 2.24) is 4.90 Å². The Morgan fingerprint density at radius 2 is 1.83 bits per heavy atom. The van der Waals surface area contributed by atoms with E-state index in [9.17, 15) is 4.79 Å². The number of hydrogen-bond acceptors (Lipinski definition) is 3. The first-order valence-electron chi connectivity index (χ1n) is 10.7. The number of amides is 1. The highest BCUT2D eigenvalue weighted by atomic mass is 16.5. The highest BCUT2D eigenvalue weighted by molar-refractivity contribution is 5.95. The first kappa shape index (κ1) is 20.5. The van der Waals surface area contributed by atoms with E-state index < -0.39 is 0 Å². The number of nitrogens with zero attached hydrogens (tertiary/aromatic N) is 1. The Morgan fingerprint density at radius 3 is 2.53 bits per heavy atom. The van der Waals surface area contributed by atoms with E-state index in [1.54, 1.807) is 19.1 Å². The molecule has 3 atom stereocenters. The highest BCUT2D eigenvalue weighted by Gasteiger charge is 2.40. The summed E-state index contributed by atoms with van der Waals surface area (Å²) in [5.74, 6) is 1.52. The third-order valence-electron chi connectivity index (χ3n) is 6.59. The summed E-state index contributed by atoms with van der Waals surface area (Å²) in [6, 6.07) is 16.7. The number of methoxy groups -OCH3 is 2. The van der Waals surface area contributed by atoms with E-state index in [0.717, 1.165) is 35.5 Å². The number of likely N-dealkylation sites (N-methyl/N-ethyl adjacent to an activating group) is 1. The van der Waals surface area contributed by atoms with Crippen molar-refractivity contribution in [3.05, 3.63) is 71.4 Å². The summed E-state index contributed by atoms with van der Waals surface area (Å²) >= 11 is 0. The Kier molecular flexibility index (Phi) is 6.09. The number of ether oxygens (including phenoxy) is 2. The van der Waals surface area contributed by atoms with E-state index in [1.165, 1.54) is 18.5 Å². The van der Waals surface area contributed by atoms with Crippen LogP contribution in [-0.2, 0) is 6.42 Å². The van der Waals surface area contributed by atoms with Gasteiger partial charge in [-0.3, -0.25) is 4.79 Å². The van der Waals surface area contributed by atoms with Crippen LogP contribution >= 0.6 is 0 Å². The zero-order chi connectivity index (χ0) is 21.1. The molecule has 1 fully saturated rings. The molecule has 0 aromatic heterocycles. The summed E-state index contributed by atoms with van der Waals surface area (Å²) < 4.78 is 10.8. The van der Waals surface area contributed by atoms with Crippen molar-refractivity contribution in [2.24, 2.45) is 0 Å². The predicted molar refractivity (Wildman–Crippen MR) is 117 cm³/mol. The minimum atomic E-state index is 0.0845. The zero-order valence-electron chi connectivity index (χ0n) is 18.1. The van der Waals surface area contributed by atoms with Gasteiger partial charge in [0.25, 0.3) is 5.91 Å². The summed E-state index contributed by atoms with van der Waals surface area (Å²) in [6.45, 7) is 0.646. The van der Waals surface area contributed by atoms with Crippen molar-refractivity contribution in [1.29, 1.82) is 0 Å². The molecule has 0 spiro atoms. The van der Waals surface area contributed by atoms with Crippen LogP contribution in [-0.4, -0.2) is 50.7 Å². The smallest absolute Gasteiger partial charge is 0.258 e. The molecule has 30 heavy (non-hydrogen) atoms. The molecule has 1 unspecified atom stereocenters. The Morgan fingerprint density at radius 1 is 1.07 bits per heavy atom. The van der Waals surface area contributed by atoms with Crippen molar-refractivity contribution in [3.63, 3.8) is 0 Å². The van der Waals surface area contributed by atoms with E-state index in [1.807, 2.05) is 53.4 Å². The molecule has 2 aliphatic heterocycles. The Bertz CT molecular complexity index is 925. The van der Waals surface area contributed by atoms with Crippen LogP contribution in [0.4, 0.5) is 0 Å². The first-order chi connectivity index (χ1) is 14.6. The molecule has 2 aromatic rings. The molecule has 1 amide bonds. The number of quaternary nitrogens is 1. The van der Waals surface area contributed by atoms with Crippen LogP contribution < -0.4 is 14.4 Å². The Labute approximate surface area is 178 Å². The topological polar surface area (TPSA) is 43.2 Å². The molecule has 0 aliphatic carbocycles. The average molecular weight is 408 g/mol. The first-order valence-corrected chi connectivity index (χ1v) is 10.7. The van der Waals surface area contributed by atoms with E-state index in [0.29, 0.717) is 18.6 Å². The van der Waals surface area contributed by atoms with E-state index in [-0.39, 0.29) is 5.91 Å². The fourth-order valence-electron chi connectivity index (χ4n) is 4.76. The number of benzene rings is 2. The maximum atomic E-state index is 13.4. The molecule has 0 saturated carbocycles. The van der Waals surface area contributed by atoms with Crippen LogP contribution in [0.5, 0.6) is 11.5 Å². The van der Waals surface area contributed by atoms with E-state index in [4.69, 9.17) is 9.47 Å². The van der Waals surface area contributed by atoms with E-state index in [2.05, 4.69) is 13.1 Å². The standard InChI is InChI=1S/C25H30N2O3/c1-26-20-10-11-21(26)17-22(16-20)27(25(28)19-7-5-4-6-8-19)14-13-18-9-12-23(29-2)24(15-18)30-3/h4-9,12,15-16,20-21H,10-11,13-14,17H2,1-3H3/p+1/t20-,21+/m1/s1. The van der Waals surface area contributed by atoms with Crippen LogP contribution in [0.3, 0.4) is 0 Å². The lowest BCUT2D eigenvalue weighted by Crippen LogP contribution is -3.14. The summed E-state index contributed by atoms with van der Waals surface area (Å²) in [7, 11) is 5.57. The van der Waals surface area contributed by atoms with Crippen molar-refractivity contribution in [2.45, 2.75) is 37.8 Å². The van der Waals surface area contributed by atoms with Gasteiger partial charge in [-0.1, -0.05) is 24.3 Å². The molecule has 2 aliphatic rings. The normalized spacial score (nSPS) is 22.4. The SMILES string of the molecule is COc1ccc(CCN(C(=O)c2ccccc2)C2=C[C@H]3CC[C@@H](C2)[NH+]3C)cc1OC. The molecule has 2 bridgehead atoms. The summed E-state index contributed by atoms with van der Waals surface area (Å²) in [5, 5.41) is 0. The quantitative estimate of drug-likeness (QED) is 0.768. The number of fused-ring (bicyclic) bond motifs is 2. The van der Waals surface area contributed by atoms with Gasteiger partial charge in [0.15, 0.2) is 11.5 Å². The number of carbonyl (C=O) groups is 1. The number of nitrogens with one attached hydrogen (secondary N) is 1. The maximum Gasteiger partial charge on any atom is 0.258 e. The fraction of sp³-hybridized carbons (Fsp3) is 0.400. The van der Waals surface area contributed by atoms with Gasteiger partial charge >= 0.3 is 0 Å². The van der Waals surface area contributed by atoms with Crippen molar-refractivity contribution >= 4 is 5.91 Å². The molecule has 2 aromatic carbocycles. The molecule has 1 N–H and O–H groups in total. The van der Waals surface area contributed by atoms with Gasteiger partial charge in [0, 0.05) is 37.1 Å². The van der Waals surface area contributed by atoms with Crippen LogP contribution in [0.15, 0.2) is 60.3 Å². The monoisotopic (exact) mass is 407 g/mol. The van der Waals surface area contributed by atoms with Gasteiger partial charge < -0.3 is 19.3 Å². The fourth-order valence-corrected chi connectivity index (χ4v) is 4.76.